The van der Waals surface area contributed by atoms with Crippen molar-refractivity contribution in [1.82, 2.24) is 4.90 Å². The summed E-state index contributed by atoms with van der Waals surface area (Å²) in [6, 6.07) is 24.5. The van der Waals surface area contributed by atoms with E-state index in [1.807, 2.05) is 12.1 Å². The maximum atomic E-state index is 10.8. The molecule has 0 bridgehead atoms. The van der Waals surface area contributed by atoms with Gasteiger partial charge in [0.2, 0.25) is 0 Å². The van der Waals surface area contributed by atoms with Crippen molar-refractivity contribution in [3.8, 4) is 0 Å². The van der Waals surface area contributed by atoms with Crippen molar-refractivity contribution in [3.05, 3.63) is 116 Å². The lowest BCUT2D eigenvalue weighted by molar-refractivity contribution is -0.384. The highest BCUT2D eigenvalue weighted by Crippen LogP contribution is 2.38. The molecule has 0 saturated carbocycles. The number of rotatable bonds is 5. The second-order valence-corrected chi connectivity index (χ2v) is 8.86. The van der Waals surface area contributed by atoms with Gasteiger partial charge in [0.15, 0.2) is 0 Å². The van der Waals surface area contributed by atoms with Crippen molar-refractivity contribution in [2.24, 2.45) is 0 Å². The van der Waals surface area contributed by atoms with Crippen LogP contribution in [-0.2, 0) is 6.42 Å². The molecule has 0 N–H and O–H groups in total. The zero-order chi connectivity index (χ0) is 22.6. The van der Waals surface area contributed by atoms with Crippen LogP contribution >= 0.6 is 0 Å². The summed E-state index contributed by atoms with van der Waals surface area (Å²) in [5, 5.41) is 10.8. The van der Waals surface area contributed by atoms with E-state index in [9.17, 15) is 10.1 Å². The van der Waals surface area contributed by atoms with Gasteiger partial charge < -0.3 is 4.90 Å². The number of benzene rings is 3. The molecule has 1 heterocycles. The third-order valence-corrected chi connectivity index (χ3v) is 6.80. The van der Waals surface area contributed by atoms with Gasteiger partial charge in [-0.25, -0.2) is 0 Å². The van der Waals surface area contributed by atoms with E-state index in [1.165, 1.54) is 33.4 Å². The average Bonchev–Trinajstić information content (AvgIpc) is 3.02. The molecular formula is C29H28N2O2. The predicted octanol–water partition coefficient (Wildman–Crippen LogP) is 6.61. The summed E-state index contributed by atoms with van der Waals surface area (Å²) in [5.74, 6) is 0. The number of nitrogens with zero attached hydrogens (tertiary/aromatic N) is 2. The number of nitro groups is 1. The minimum Gasteiger partial charge on any atom is -0.303 e. The maximum absolute atomic E-state index is 10.8. The summed E-state index contributed by atoms with van der Waals surface area (Å²) in [5.41, 5.74) is 9.60. The summed E-state index contributed by atoms with van der Waals surface area (Å²) < 4.78 is 0. The van der Waals surface area contributed by atoms with Crippen LogP contribution < -0.4 is 0 Å². The van der Waals surface area contributed by atoms with Crippen molar-refractivity contribution in [2.75, 3.05) is 19.6 Å². The Morgan fingerprint density at radius 2 is 1.36 bits per heavy atom. The van der Waals surface area contributed by atoms with E-state index < -0.39 is 0 Å². The number of nitro benzene ring substituents is 1. The molecule has 5 rings (SSSR count). The summed E-state index contributed by atoms with van der Waals surface area (Å²) >= 11 is 0. The molecule has 3 aromatic carbocycles. The molecule has 0 unspecified atom stereocenters. The first kappa shape index (κ1) is 21.4. The minimum absolute atomic E-state index is 0.159. The molecule has 0 atom stereocenters. The highest BCUT2D eigenvalue weighted by atomic mass is 16.6. The molecule has 4 nitrogen and oxygen atoms in total. The molecule has 0 radical (unpaired) electrons. The van der Waals surface area contributed by atoms with Crippen LogP contribution in [0.25, 0.3) is 17.7 Å². The molecule has 0 aromatic heterocycles. The Bertz CT molecular complexity index is 1160. The van der Waals surface area contributed by atoms with Crippen molar-refractivity contribution in [1.29, 1.82) is 0 Å². The third-order valence-electron chi connectivity index (χ3n) is 6.80. The van der Waals surface area contributed by atoms with Crippen molar-refractivity contribution in [2.45, 2.75) is 25.7 Å². The zero-order valence-corrected chi connectivity index (χ0v) is 18.7. The van der Waals surface area contributed by atoms with Gasteiger partial charge in [0, 0.05) is 25.2 Å². The number of aryl methyl sites for hydroxylation is 1. The van der Waals surface area contributed by atoms with Crippen LogP contribution in [0.3, 0.4) is 0 Å². The summed E-state index contributed by atoms with van der Waals surface area (Å²) in [6.45, 7) is 3.22. The number of piperidine rings is 1. The van der Waals surface area contributed by atoms with E-state index in [2.05, 4.69) is 65.6 Å². The molecule has 33 heavy (non-hydrogen) atoms. The van der Waals surface area contributed by atoms with Crippen LogP contribution in [0.5, 0.6) is 0 Å². The van der Waals surface area contributed by atoms with Gasteiger partial charge in [0.1, 0.15) is 0 Å². The number of hydrogen-bond acceptors (Lipinski definition) is 3. The first-order valence-electron chi connectivity index (χ1n) is 11.7. The maximum Gasteiger partial charge on any atom is 0.269 e. The topological polar surface area (TPSA) is 46.4 Å². The van der Waals surface area contributed by atoms with Crippen molar-refractivity contribution < 1.29 is 4.92 Å². The molecule has 1 aliphatic carbocycles. The fourth-order valence-electron chi connectivity index (χ4n) is 5.03. The summed E-state index contributed by atoms with van der Waals surface area (Å²) in [6.07, 6.45) is 8.70. The van der Waals surface area contributed by atoms with Gasteiger partial charge >= 0.3 is 0 Å². The van der Waals surface area contributed by atoms with Gasteiger partial charge in [-0.2, -0.15) is 0 Å². The van der Waals surface area contributed by atoms with Crippen LogP contribution in [0.15, 0.2) is 78.4 Å². The molecule has 0 amide bonds. The summed E-state index contributed by atoms with van der Waals surface area (Å²) in [4.78, 5) is 13.0. The Hall–Kier alpha value is -3.50. The van der Waals surface area contributed by atoms with Crippen LogP contribution in [0.2, 0.25) is 0 Å². The van der Waals surface area contributed by atoms with E-state index in [-0.39, 0.29) is 10.6 Å². The number of likely N-dealkylation sites (tertiary alicyclic amines) is 1. The second kappa shape index (κ2) is 9.55. The van der Waals surface area contributed by atoms with E-state index in [0.29, 0.717) is 0 Å². The highest BCUT2D eigenvalue weighted by molar-refractivity contribution is 5.94. The van der Waals surface area contributed by atoms with Gasteiger partial charge in [-0.05, 0) is 65.6 Å². The molecule has 4 heteroatoms. The molecule has 166 valence electrons. The highest BCUT2D eigenvalue weighted by Gasteiger charge is 2.22. The molecule has 1 aliphatic heterocycles. The number of hydrogen-bond donors (Lipinski definition) is 0. The lowest BCUT2D eigenvalue weighted by atomic mass is 9.86. The molecule has 1 fully saturated rings. The summed E-state index contributed by atoms with van der Waals surface area (Å²) in [7, 11) is 0. The van der Waals surface area contributed by atoms with E-state index in [0.717, 1.165) is 45.3 Å². The van der Waals surface area contributed by atoms with Gasteiger partial charge in [-0.1, -0.05) is 78.4 Å². The first-order chi connectivity index (χ1) is 16.2. The Morgan fingerprint density at radius 3 is 1.94 bits per heavy atom. The zero-order valence-electron chi connectivity index (χ0n) is 18.7. The smallest absolute Gasteiger partial charge is 0.269 e. The Morgan fingerprint density at radius 1 is 0.788 bits per heavy atom. The fraction of sp³-hybridized carbons (Fsp3) is 0.241. The van der Waals surface area contributed by atoms with Crippen LogP contribution in [-0.4, -0.2) is 29.5 Å². The Kier molecular flexibility index (Phi) is 6.18. The molecule has 2 aliphatic rings. The minimum atomic E-state index is -0.343. The van der Waals surface area contributed by atoms with Crippen LogP contribution in [0, 0.1) is 10.1 Å². The van der Waals surface area contributed by atoms with Crippen LogP contribution in [0.4, 0.5) is 5.69 Å². The van der Waals surface area contributed by atoms with Gasteiger partial charge in [-0.15, -0.1) is 0 Å². The number of fused-ring (bicyclic) bond motifs is 2. The number of non-ortho nitro benzene ring substituents is 1. The first-order valence-corrected chi connectivity index (χ1v) is 11.7. The predicted molar refractivity (Wildman–Crippen MR) is 135 cm³/mol. The van der Waals surface area contributed by atoms with Gasteiger partial charge in [0.25, 0.3) is 5.69 Å². The van der Waals surface area contributed by atoms with Crippen LogP contribution in [0.1, 0.15) is 47.1 Å². The largest absolute Gasteiger partial charge is 0.303 e. The fourth-order valence-corrected chi connectivity index (χ4v) is 5.03. The average molecular weight is 437 g/mol. The van der Waals surface area contributed by atoms with E-state index in [4.69, 9.17) is 0 Å². The SMILES string of the molecule is O=[N+]([O-])c1ccc(CCCN2CCC(=C3c4ccccc4C=Cc4ccccc43)CC2)cc1. The quantitative estimate of drug-likeness (QED) is 0.261. The van der Waals surface area contributed by atoms with E-state index in [1.54, 1.807) is 17.7 Å². The molecular weight excluding hydrogens is 408 g/mol. The molecule has 1 saturated heterocycles. The Labute approximate surface area is 195 Å². The van der Waals surface area contributed by atoms with Gasteiger partial charge in [-0.3, -0.25) is 10.1 Å². The molecule has 0 spiro atoms. The standard InChI is InChI=1S/C29H28N2O2/c32-31(33)26-15-11-22(12-16-26)6-5-19-30-20-17-25(18-21-30)29-27-9-3-1-7-23(27)13-14-24-8-2-4-10-28(24)29/h1-4,7-16H,5-6,17-21H2. The Balaban J connectivity index is 1.27. The van der Waals surface area contributed by atoms with Crippen molar-refractivity contribution in [3.63, 3.8) is 0 Å². The third kappa shape index (κ3) is 4.67. The lowest BCUT2D eigenvalue weighted by Gasteiger charge is -2.30. The van der Waals surface area contributed by atoms with Crippen molar-refractivity contribution >= 4 is 23.4 Å². The molecule has 3 aromatic rings. The normalized spacial score (nSPS) is 15.6. The van der Waals surface area contributed by atoms with E-state index >= 15 is 0 Å². The lowest BCUT2D eigenvalue weighted by Crippen LogP contribution is -2.32. The monoisotopic (exact) mass is 436 g/mol. The van der Waals surface area contributed by atoms with Gasteiger partial charge in [0.05, 0.1) is 4.92 Å². The second-order valence-electron chi connectivity index (χ2n) is 8.86.